The van der Waals surface area contributed by atoms with Crippen LogP contribution in [-0.2, 0) is 24.1 Å². The van der Waals surface area contributed by atoms with Crippen LogP contribution in [-0.4, -0.2) is 19.7 Å². The smallest absolute Gasteiger partial charge is 0.128 e. The van der Waals surface area contributed by atoms with Crippen LogP contribution in [0.5, 0.6) is 0 Å². The minimum Gasteiger partial charge on any atom is -0.487 e. The molecule has 218 valence electrons. The third kappa shape index (κ3) is 6.68. The molecule has 0 bridgehead atoms. The molecule has 2 aliphatic rings. The zero-order valence-corrected chi connectivity index (χ0v) is 25.3. The van der Waals surface area contributed by atoms with Gasteiger partial charge in [-0.1, -0.05) is 111 Å². The molecule has 0 amide bonds. The van der Waals surface area contributed by atoms with Crippen molar-refractivity contribution in [1.82, 2.24) is 5.32 Å². The van der Waals surface area contributed by atoms with Gasteiger partial charge in [-0.25, -0.2) is 0 Å². The van der Waals surface area contributed by atoms with Crippen LogP contribution in [0.3, 0.4) is 0 Å². The summed E-state index contributed by atoms with van der Waals surface area (Å²) in [5.41, 5.74) is 12.0. The van der Waals surface area contributed by atoms with Crippen molar-refractivity contribution >= 4 is 11.4 Å². The van der Waals surface area contributed by atoms with E-state index in [1.807, 2.05) is 0 Å². The lowest BCUT2D eigenvalue weighted by molar-refractivity contribution is 0.305. The Morgan fingerprint density at radius 1 is 0.837 bits per heavy atom. The number of aryl methyl sites for hydroxylation is 1. The first-order chi connectivity index (χ1) is 21.1. The first kappa shape index (κ1) is 28.8. The van der Waals surface area contributed by atoms with Crippen molar-refractivity contribution in [2.24, 2.45) is 0 Å². The van der Waals surface area contributed by atoms with Gasteiger partial charge >= 0.3 is 0 Å². The highest BCUT2D eigenvalue weighted by Gasteiger charge is 2.23. The number of hydrogen-bond acceptors (Lipinski definition) is 3. The predicted molar refractivity (Wildman–Crippen MR) is 181 cm³/mol. The zero-order chi connectivity index (χ0) is 29.6. The standard InChI is InChI=1S/C40H42N2O/c1-4-31-14-16-34(17-15-31)40-25-29(2)24-37-26-35(32-20-22-41-23-21-32)18-19-39(37)42(30(3)28-43-40)27-36-12-8-9-13-38(36)33-10-6-5-7-11-33/h5-19,25-26,32,41H,2-4,20-24,27-28H2,1H3/b40-25-. The van der Waals surface area contributed by atoms with Crippen molar-refractivity contribution < 1.29 is 4.74 Å². The Labute approximate surface area is 257 Å². The topological polar surface area (TPSA) is 24.5 Å². The fourth-order valence-corrected chi connectivity index (χ4v) is 6.35. The molecule has 0 radical (unpaired) electrons. The van der Waals surface area contributed by atoms with E-state index < -0.39 is 0 Å². The highest BCUT2D eigenvalue weighted by Crippen LogP contribution is 2.36. The van der Waals surface area contributed by atoms with Gasteiger partial charge in [-0.2, -0.15) is 0 Å². The maximum absolute atomic E-state index is 6.53. The minimum atomic E-state index is 0.387. The van der Waals surface area contributed by atoms with Gasteiger partial charge in [0.1, 0.15) is 12.4 Å². The number of hydrogen-bond donors (Lipinski definition) is 1. The van der Waals surface area contributed by atoms with Crippen LogP contribution in [0.1, 0.15) is 53.5 Å². The molecule has 2 heterocycles. The summed E-state index contributed by atoms with van der Waals surface area (Å²) >= 11 is 0. The number of allylic oxidation sites excluding steroid dienone is 2. The molecule has 0 atom stereocenters. The molecule has 6 rings (SSSR count). The van der Waals surface area contributed by atoms with E-state index in [1.54, 1.807) is 0 Å². The summed E-state index contributed by atoms with van der Waals surface area (Å²) in [5.74, 6) is 1.42. The van der Waals surface area contributed by atoms with Gasteiger partial charge in [-0.15, -0.1) is 0 Å². The average molecular weight is 567 g/mol. The lowest BCUT2D eigenvalue weighted by Crippen LogP contribution is -2.28. The van der Waals surface area contributed by atoms with Crippen LogP contribution >= 0.6 is 0 Å². The van der Waals surface area contributed by atoms with Crippen molar-refractivity contribution in [1.29, 1.82) is 0 Å². The summed E-state index contributed by atoms with van der Waals surface area (Å²) in [7, 11) is 0. The monoisotopic (exact) mass is 566 g/mol. The Bertz CT molecular complexity index is 1610. The summed E-state index contributed by atoms with van der Waals surface area (Å²) in [5, 5.41) is 3.52. The molecule has 43 heavy (non-hydrogen) atoms. The molecule has 0 unspecified atom stereocenters. The number of anilines is 1. The number of piperidine rings is 1. The van der Waals surface area contributed by atoms with Crippen molar-refractivity contribution in [3.05, 3.63) is 155 Å². The molecule has 2 aliphatic heterocycles. The van der Waals surface area contributed by atoms with E-state index in [1.165, 1.54) is 51.9 Å². The molecule has 4 aromatic carbocycles. The van der Waals surface area contributed by atoms with Crippen molar-refractivity contribution in [3.8, 4) is 11.1 Å². The summed E-state index contributed by atoms with van der Waals surface area (Å²) in [6.45, 7) is 14.5. The maximum Gasteiger partial charge on any atom is 0.128 e. The molecule has 0 aliphatic carbocycles. The molecule has 4 aromatic rings. The second kappa shape index (κ2) is 13.3. The van der Waals surface area contributed by atoms with Gasteiger partial charge in [0.05, 0.1) is 0 Å². The fourth-order valence-electron chi connectivity index (χ4n) is 6.35. The van der Waals surface area contributed by atoms with Crippen LogP contribution in [0, 0.1) is 0 Å². The Morgan fingerprint density at radius 2 is 1.58 bits per heavy atom. The van der Waals surface area contributed by atoms with E-state index in [2.05, 4.69) is 133 Å². The Kier molecular flexibility index (Phi) is 8.91. The molecule has 3 nitrogen and oxygen atoms in total. The second-order valence-electron chi connectivity index (χ2n) is 11.8. The van der Waals surface area contributed by atoms with Crippen LogP contribution < -0.4 is 10.2 Å². The van der Waals surface area contributed by atoms with Crippen molar-refractivity contribution in [2.45, 2.75) is 45.1 Å². The first-order valence-electron chi connectivity index (χ1n) is 15.6. The first-order valence-corrected chi connectivity index (χ1v) is 15.6. The van der Waals surface area contributed by atoms with Crippen molar-refractivity contribution in [2.75, 3.05) is 24.6 Å². The normalized spacial score (nSPS) is 17.5. The van der Waals surface area contributed by atoms with E-state index in [0.717, 1.165) is 48.5 Å². The third-order valence-electron chi connectivity index (χ3n) is 8.81. The molecule has 0 aromatic heterocycles. The van der Waals surface area contributed by atoms with Crippen LogP contribution in [0.2, 0.25) is 0 Å². The maximum atomic E-state index is 6.53. The minimum absolute atomic E-state index is 0.387. The molecule has 1 N–H and O–H groups in total. The largest absolute Gasteiger partial charge is 0.487 e. The van der Waals surface area contributed by atoms with Gasteiger partial charge in [0.2, 0.25) is 0 Å². The summed E-state index contributed by atoms with van der Waals surface area (Å²) in [6.07, 6.45) is 6.23. The second-order valence-corrected chi connectivity index (χ2v) is 11.8. The zero-order valence-electron chi connectivity index (χ0n) is 25.3. The average Bonchev–Trinajstić information content (AvgIpc) is 3.06. The van der Waals surface area contributed by atoms with Crippen LogP contribution in [0.15, 0.2) is 128 Å². The number of fused-ring (bicyclic) bond motifs is 1. The number of rotatable bonds is 6. The van der Waals surface area contributed by atoms with E-state index >= 15 is 0 Å². The predicted octanol–water partition coefficient (Wildman–Crippen LogP) is 9.07. The highest BCUT2D eigenvalue weighted by atomic mass is 16.5. The Morgan fingerprint density at radius 3 is 2.35 bits per heavy atom. The fraction of sp³-hybridized carbons (Fsp3) is 0.250. The van der Waals surface area contributed by atoms with Crippen molar-refractivity contribution in [3.63, 3.8) is 0 Å². The highest BCUT2D eigenvalue weighted by molar-refractivity contribution is 5.70. The number of benzene rings is 4. The summed E-state index contributed by atoms with van der Waals surface area (Å²) in [6, 6.07) is 35.1. The number of nitrogens with zero attached hydrogens (tertiary/aromatic N) is 1. The summed E-state index contributed by atoms with van der Waals surface area (Å²) < 4.78 is 6.53. The van der Waals surface area contributed by atoms with Gasteiger partial charge in [-0.05, 0) is 95.8 Å². The Balaban J connectivity index is 1.41. The number of ether oxygens (including phenoxy) is 1. The number of nitrogens with one attached hydrogen (secondary N) is 1. The molecule has 0 spiro atoms. The molecule has 3 heteroatoms. The molecule has 0 saturated carbocycles. The van der Waals surface area contributed by atoms with E-state index in [9.17, 15) is 0 Å². The molecule has 1 fully saturated rings. The lowest BCUT2D eigenvalue weighted by atomic mass is 9.87. The SMILES string of the molecule is C=C1/C=C(/c2ccc(CC)cc2)OCC(=C)N(Cc2ccccc2-c2ccccc2)c2ccc(C3CCNCC3)cc2C1. The molecular formula is C40H42N2O. The Hall–Kier alpha value is -4.34. The molecular weight excluding hydrogens is 524 g/mol. The van der Waals surface area contributed by atoms with Crippen LogP contribution in [0.4, 0.5) is 5.69 Å². The molecule has 1 saturated heterocycles. The van der Waals surface area contributed by atoms with Gasteiger partial charge in [0.15, 0.2) is 0 Å². The summed E-state index contributed by atoms with van der Waals surface area (Å²) in [4.78, 5) is 2.36. The van der Waals surface area contributed by atoms with E-state index in [0.29, 0.717) is 19.1 Å². The van der Waals surface area contributed by atoms with Gasteiger partial charge in [0, 0.05) is 23.5 Å². The quantitative estimate of drug-likeness (QED) is 0.252. The van der Waals surface area contributed by atoms with E-state index in [4.69, 9.17) is 4.74 Å². The van der Waals surface area contributed by atoms with Gasteiger partial charge in [0.25, 0.3) is 0 Å². The van der Waals surface area contributed by atoms with Gasteiger partial charge in [-0.3, -0.25) is 0 Å². The van der Waals surface area contributed by atoms with E-state index in [-0.39, 0.29) is 0 Å². The van der Waals surface area contributed by atoms with Crippen LogP contribution in [0.25, 0.3) is 16.9 Å². The van der Waals surface area contributed by atoms with Gasteiger partial charge < -0.3 is 15.0 Å². The lowest BCUT2D eigenvalue weighted by Gasteiger charge is -2.32. The third-order valence-corrected chi connectivity index (χ3v) is 8.81.